The molecule has 1 aliphatic carbocycles. The molecule has 1 heterocycles. The van der Waals surface area contributed by atoms with Crippen LogP contribution in [-0.4, -0.2) is 11.9 Å². The lowest BCUT2D eigenvalue weighted by molar-refractivity contribution is -0.117. The van der Waals surface area contributed by atoms with E-state index in [0.29, 0.717) is 5.76 Å². The third-order valence-electron chi connectivity index (χ3n) is 4.43. The summed E-state index contributed by atoms with van der Waals surface area (Å²) >= 11 is 1.51. The van der Waals surface area contributed by atoms with Crippen molar-refractivity contribution in [2.24, 2.45) is 0 Å². The van der Waals surface area contributed by atoms with Crippen molar-refractivity contribution in [2.75, 3.05) is 0 Å². The molecule has 1 fully saturated rings. The summed E-state index contributed by atoms with van der Waals surface area (Å²) in [5.41, 5.74) is 1.29. The van der Waals surface area contributed by atoms with Crippen LogP contribution >= 0.6 is 11.8 Å². The van der Waals surface area contributed by atoms with Crippen molar-refractivity contribution in [2.45, 2.75) is 55.1 Å². The summed E-state index contributed by atoms with van der Waals surface area (Å²) in [6, 6.07) is 14.0. The van der Waals surface area contributed by atoms with Crippen LogP contribution in [0.1, 0.15) is 43.4 Å². The Morgan fingerprint density at radius 1 is 1.19 bits per heavy atom. The van der Waals surface area contributed by atoms with Gasteiger partial charge in [0.2, 0.25) is 0 Å². The van der Waals surface area contributed by atoms with Crippen molar-refractivity contribution in [3.05, 3.63) is 53.3 Å². The molecule has 0 atom stereocenters. The van der Waals surface area contributed by atoms with Gasteiger partial charge in [-0.15, -0.1) is 0 Å². The van der Waals surface area contributed by atoms with Crippen LogP contribution in [0.4, 0.5) is 0 Å². The Kier molecular flexibility index (Phi) is 6.19. The second-order valence-electron chi connectivity index (χ2n) is 6.55. The first-order valence-electron chi connectivity index (χ1n) is 8.91. The molecular formula is C21H22N2O2S. The fourth-order valence-corrected chi connectivity index (χ4v) is 3.77. The van der Waals surface area contributed by atoms with Crippen LogP contribution in [0.15, 0.2) is 56.4 Å². The highest BCUT2D eigenvalue weighted by Gasteiger charge is 2.18. The number of benzene rings is 1. The molecule has 1 amide bonds. The molecule has 0 unspecified atom stereocenters. The molecular weight excluding hydrogens is 344 g/mol. The summed E-state index contributed by atoms with van der Waals surface area (Å²) in [6.07, 6.45) is 6.98. The Hall–Kier alpha value is -2.45. The summed E-state index contributed by atoms with van der Waals surface area (Å²) in [5.74, 6) is 0.193. The minimum absolute atomic E-state index is 0.0804. The van der Waals surface area contributed by atoms with Crippen molar-refractivity contribution in [3.63, 3.8) is 0 Å². The number of hydrogen-bond acceptors (Lipinski definition) is 4. The molecule has 1 aromatic heterocycles. The van der Waals surface area contributed by atoms with Crippen LogP contribution < -0.4 is 5.32 Å². The maximum atomic E-state index is 12.3. The van der Waals surface area contributed by atoms with Crippen LogP contribution in [0.5, 0.6) is 0 Å². The Balaban J connectivity index is 1.65. The number of nitriles is 1. The molecule has 1 N–H and O–H groups in total. The third kappa shape index (κ3) is 5.03. The van der Waals surface area contributed by atoms with Gasteiger partial charge in [0.1, 0.15) is 17.4 Å². The lowest BCUT2D eigenvalue weighted by atomic mass is 9.95. The first-order chi connectivity index (χ1) is 12.6. The molecule has 134 valence electrons. The van der Waals surface area contributed by atoms with Crippen LogP contribution in [0.3, 0.4) is 0 Å². The third-order valence-corrected chi connectivity index (χ3v) is 5.36. The van der Waals surface area contributed by atoms with Gasteiger partial charge in [0.25, 0.3) is 5.91 Å². The second kappa shape index (κ2) is 8.77. The summed E-state index contributed by atoms with van der Waals surface area (Å²) < 4.78 is 5.75. The van der Waals surface area contributed by atoms with E-state index in [1.807, 2.05) is 31.2 Å². The highest BCUT2D eigenvalue weighted by molar-refractivity contribution is 7.99. The van der Waals surface area contributed by atoms with Gasteiger partial charge in [-0.2, -0.15) is 5.26 Å². The number of furan rings is 1. The van der Waals surface area contributed by atoms with Gasteiger partial charge in [-0.1, -0.05) is 48.7 Å². The molecule has 1 saturated carbocycles. The second-order valence-corrected chi connectivity index (χ2v) is 7.63. The zero-order chi connectivity index (χ0) is 18.4. The smallest absolute Gasteiger partial charge is 0.262 e. The van der Waals surface area contributed by atoms with Crippen LogP contribution in [0.25, 0.3) is 6.08 Å². The van der Waals surface area contributed by atoms with Crippen LogP contribution in [-0.2, 0) is 4.79 Å². The summed E-state index contributed by atoms with van der Waals surface area (Å²) in [4.78, 5) is 13.4. The lowest BCUT2D eigenvalue weighted by Crippen LogP contribution is -2.36. The van der Waals surface area contributed by atoms with E-state index in [4.69, 9.17) is 4.42 Å². The maximum Gasteiger partial charge on any atom is 0.262 e. The largest absolute Gasteiger partial charge is 0.450 e. The zero-order valence-electron chi connectivity index (χ0n) is 14.8. The normalized spacial score (nSPS) is 15.5. The molecule has 0 aliphatic heterocycles. The Morgan fingerprint density at radius 2 is 1.92 bits per heavy atom. The minimum atomic E-state index is -0.316. The van der Waals surface area contributed by atoms with E-state index in [2.05, 4.69) is 17.4 Å². The van der Waals surface area contributed by atoms with Gasteiger partial charge in [-0.25, -0.2) is 0 Å². The Labute approximate surface area is 158 Å². The first kappa shape index (κ1) is 18.3. The Morgan fingerprint density at radius 3 is 2.62 bits per heavy atom. The highest BCUT2D eigenvalue weighted by atomic mass is 32.2. The molecule has 0 bridgehead atoms. The number of aryl methyl sites for hydroxylation is 1. The summed E-state index contributed by atoms with van der Waals surface area (Å²) in [5, 5.41) is 13.0. The fourth-order valence-electron chi connectivity index (χ4n) is 2.99. The number of carbonyl (C=O) groups excluding carboxylic acids is 1. The SMILES string of the molecule is Cc1ccc(Sc2ccc(/C=C(\C#N)C(=O)NC3CCCCC3)o2)cc1. The first-order valence-corrected chi connectivity index (χ1v) is 9.73. The number of nitrogens with one attached hydrogen (secondary N) is 1. The van der Waals surface area contributed by atoms with Crippen molar-refractivity contribution in [1.29, 1.82) is 5.26 Å². The average molecular weight is 366 g/mol. The lowest BCUT2D eigenvalue weighted by Gasteiger charge is -2.22. The molecule has 0 radical (unpaired) electrons. The van der Waals surface area contributed by atoms with Gasteiger partial charge in [0.05, 0.1) is 0 Å². The topological polar surface area (TPSA) is 66.0 Å². The zero-order valence-corrected chi connectivity index (χ0v) is 15.6. The van der Waals surface area contributed by atoms with Gasteiger partial charge in [0, 0.05) is 17.0 Å². The average Bonchev–Trinajstić information content (AvgIpc) is 3.09. The molecule has 1 aromatic carbocycles. The molecule has 0 saturated heterocycles. The van der Waals surface area contributed by atoms with E-state index < -0.39 is 0 Å². The number of rotatable bonds is 5. The molecule has 3 rings (SSSR count). The predicted octanol–water partition coefficient (Wildman–Crippen LogP) is 5.10. The maximum absolute atomic E-state index is 12.3. The quantitative estimate of drug-likeness (QED) is 0.591. The van der Waals surface area contributed by atoms with E-state index in [0.717, 1.165) is 35.7 Å². The predicted molar refractivity (Wildman–Crippen MR) is 103 cm³/mol. The van der Waals surface area contributed by atoms with E-state index in [1.165, 1.54) is 29.8 Å². The van der Waals surface area contributed by atoms with E-state index >= 15 is 0 Å². The van der Waals surface area contributed by atoms with Crippen molar-refractivity contribution >= 4 is 23.7 Å². The van der Waals surface area contributed by atoms with Gasteiger partial charge in [-0.3, -0.25) is 4.79 Å². The van der Waals surface area contributed by atoms with Crippen molar-refractivity contribution < 1.29 is 9.21 Å². The number of nitrogens with zero attached hydrogens (tertiary/aromatic N) is 1. The summed E-state index contributed by atoms with van der Waals surface area (Å²) in [6.45, 7) is 2.05. The van der Waals surface area contributed by atoms with E-state index in [1.54, 1.807) is 6.07 Å². The minimum Gasteiger partial charge on any atom is -0.450 e. The molecule has 26 heavy (non-hydrogen) atoms. The van der Waals surface area contributed by atoms with Gasteiger partial charge < -0.3 is 9.73 Å². The van der Waals surface area contributed by atoms with Crippen molar-refractivity contribution in [1.82, 2.24) is 5.32 Å². The van der Waals surface area contributed by atoms with Gasteiger partial charge in [-0.05, 0) is 44.0 Å². The Bertz CT molecular complexity index is 824. The van der Waals surface area contributed by atoms with Gasteiger partial charge >= 0.3 is 0 Å². The van der Waals surface area contributed by atoms with Gasteiger partial charge in [0.15, 0.2) is 5.09 Å². The number of carbonyl (C=O) groups is 1. The van der Waals surface area contributed by atoms with Crippen LogP contribution in [0.2, 0.25) is 0 Å². The fraction of sp³-hybridized carbons (Fsp3) is 0.333. The standard InChI is InChI=1S/C21H22N2O2S/c1-15-7-10-19(11-8-15)26-20-12-9-18(25-20)13-16(14-22)21(24)23-17-5-3-2-4-6-17/h7-13,17H,2-6H2,1H3,(H,23,24)/b16-13+. The molecule has 2 aromatic rings. The molecule has 0 spiro atoms. The number of hydrogen-bond donors (Lipinski definition) is 1. The van der Waals surface area contributed by atoms with E-state index in [9.17, 15) is 10.1 Å². The molecule has 4 nitrogen and oxygen atoms in total. The van der Waals surface area contributed by atoms with Crippen LogP contribution in [0, 0.1) is 18.3 Å². The van der Waals surface area contributed by atoms with E-state index in [-0.39, 0.29) is 17.5 Å². The van der Waals surface area contributed by atoms with Crippen molar-refractivity contribution in [3.8, 4) is 6.07 Å². The molecule has 5 heteroatoms. The monoisotopic (exact) mass is 366 g/mol. The summed E-state index contributed by atoms with van der Waals surface area (Å²) in [7, 11) is 0. The number of amides is 1. The highest BCUT2D eigenvalue weighted by Crippen LogP contribution is 2.30. The molecule has 1 aliphatic rings.